The zero-order valence-corrected chi connectivity index (χ0v) is 12.9. The van der Waals surface area contributed by atoms with Crippen LogP contribution in [-0.4, -0.2) is 32.4 Å². The summed E-state index contributed by atoms with van der Waals surface area (Å²) in [7, 11) is 0. The number of esters is 1. The Morgan fingerprint density at radius 3 is 2.82 bits per heavy atom. The first-order valence-electron chi connectivity index (χ1n) is 7.17. The Bertz CT molecular complexity index is 586. The lowest BCUT2D eigenvalue weighted by atomic mass is 10.0. The molecule has 0 fully saturated rings. The van der Waals surface area contributed by atoms with Crippen molar-refractivity contribution in [3.05, 3.63) is 41.9 Å². The van der Waals surface area contributed by atoms with Crippen molar-refractivity contribution in [1.82, 2.24) is 19.8 Å². The molecule has 0 aliphatic rings. The molecule has 0 radical (unpaired) electrons. The van der Waals surface area contributed by atoms with Gasteiger partial charge in [0, 0.05) is 18.8 Å². The van der Waals surface area contributed by atoms with Gasteiger partial charge in [-0.3, -0.25) is 0 Å². The van der Waals surface area contributed by atoms with E-state index < -0.39 is 5.97 Å². The summed E-state index contributed by atoms with van der Waals surface area (Å²) in [6, 6.07) is 0. The molecule has 0 saturated carbocycles. The molecule has 22 heavy (non-hydrogen) atoms. The Kier molecular flexibility index (Phi) is 7.60. The molecule has 0 aliphatic heterocycles. The Hall–Kier alpha value is -2.44. The maximum atomic E-state index is 12.0. The van der Waals surface area contributed by atoms with Crippen LogP contribution in [0.1, 0.15) is 26.2 Å². The molecule has 7 heteroatoms. The van der Waals surface area contributed by atoms with Crippen LogP contribution in [-0.2, 0) is 16.1 Å². The molecular weight excluding hydrogens is 284 g/mol. The van der Waals surface area contributed by atoms with Gasteiger partial charge < -0.3 is 4.74 Å². The fourth-order valence-corrected chi connectivity index (χ4v) is 1.83. The molecule has 0 N–H and O–H groups in total. The first-order chi connectivity index (χ1) is 10.6. The van der Waals surface area contributed by atoms with Gasteiger partial charge in [0.05, 0.1) is 0 Å². The van der Waals surface area contributed by atoms with E-state index in [0.29, 0.717) is 12.5 Å². The highest BCUT2D eigenvalue weighted by Gasteiger charge is 2.06. The molecule has 0 amide bonds. The average molecular weight is 306 g/mol. The molecule has 0 aromatic carbocycles. The first-order valence-corrected chi connectivity index (χ1v) is 7.17. The second-order valence-electron chi connectivity index (χ2n) is 4.94. The highest BCUT2D eigenvalue weighted by atomic mass is 16.5. The van der Waals surface area contributed by atoms with E-state index in [9.17, 15) is 9.59 Å². The standard InChI is InChI=1S/C15H22N4O3/c1-4-7-13(3)8-6-10-18-15(21)19(17-16-18)11-9-14(20)22-12-5-2/h4-5,9,11,13H,1-2,6-8,10,12H2,3H3/b11-9+. The lowest BCUT2D eigenvalue weighted by Gasteiger charge is -2.06. The predicted octanol–water partition coefficient (Wildman–Crippen LogP) is 1.63. The number of aromatic nitrogens is 4. The van der Waals surface area contributed by atoms with Crippen molar-refractivity contribution >= 4 is 12.2 Å². The van der Waals surface area contributed by atoms with Crippen LogP contribution in [0.25, 0.3) is 6.20 Å². The molecule has 0 aliphatic carbocycles. The number of hydrogen-bond donors (Lipinski definition) is 0. The van der Waals surface area contributed by atoms with Gasteiger partial charge in [-0.05, 0) is 35.6 Å². The smallest absolute Gasteiger partial charge is 0.367 e. The summed E-state index contributed by atoms with van der Waals surface area (Å²) in [5.74, 6) is -0.0395. The van der Waals surface area contributed by atoms with Crippen LogP contribution < -0.4 is 5.69 Å². The third-order valence-corrected chi connectivity index (χ3v) is 2.99. The number of carbonyl (C=O) groups is 1. The lowest BCUT2D eigenvalue weighted by Crippen LogP contribution is -2.23. The Morgan fingerprint density at radius 1 is 1.36 bits per heavy atom. The third kappa shape index (κ3) is 5.90. The summed E-state index contributed by atoms with van der Waals surface area (Å²) in [6.45, 7) is 9.89. The van der Waals surface area contributed by atoms with Crippen molar-refractivity contribution in [2.24, 2.45) is 5.92 Å². The van der Waals surface area contributed by atoms with Crippen LogP contribution in [0.4, 0.5) is 0 Å². The van der Waals surface area contributed by atoms with E-state index in [2.05, 4.69) is 30.5 Å². The van der Waals surface area contributed by atoms with Crippen molar-refractivity contribution < 1.29 is 9.53 Å². The molecule has 0 spiro atoms. The molecule has 7 nitrogen and oxygen atoms in total. The minimum atomic E-state index is -0.570. The van der Waals surface area contributed by atoms with Crippen molar-refractivity contribution in [2.75, 3.05) is 6.61 Å². The van der Waals surface area contributed by atoms with Gasteiger partial charge in [0.25, 0.3) is 0 Å². The summed E-state index contributed by atoms with van der Waals surface area (Å²) in [5.41, 5.74) is -0.385. The molecular formula is C15H22N4O3. The molecule has 0 bridgehead atoms. The monoisotopic (exact) mass is 306 g/mol. The zero-order chi connectivity index (χ0) is 16.4. The SMILES string of the molecule is C=CCOC(=O)/C=C/n1nnn(CCCC(C)CC=C)c1=O. The number of aryl methyl sites for hydroxylation is 1. The number of nitrogens with zero attached hydrogens (tertiary/aromatic N) is 4. The van der Waals surface area contributed by atoms with Gasteiger partial charge in [0.2, 0.25) is 0 Å². The van der Waals surface area contributed by atoms with E-state index in [4.69, 9.17) is 4.74 Å². The summed E-state index contributed by atoms with van der Waals surface area (Å²) < 4.78 is 7.03. The minimum Gasteiger partial charge on any atom is -0.458 e. The molecule has 1 unspecified atom stereocenters. The molecule has 1 rings (SSSR count). The van der Waals surface area contributed by atoms with E-state index in [-0.39, 0.29) is 12.3 Å². The van der Waals surface area contributed by atoms with Crippen LogP contribution in [0.15, 0.2) is 36.2 Å². The number of allylic oxidation sites excluding steroid dienone is 1. The minimum absolute atomic E-state index is 0.119. The van der Waals surface area contributed by atoms with Gasteiger partial charge in [-0.2, -0.15) is 9.36 Å². The molecule has 1 heterocycles. The molecule has 1 aromatic rings. The zero-order valence-electron chi connectivity index (χ0n) is 12.9. The van der Waals surface area contributed by atoms with Crippen molar-refractivity contribution in [1.29, 1.82) is 0 Å². The van der Waals surface area contributed by atoms with Crippen molar-refractivity contribution in [2.45, 2.75) is 32.7 Å². The number of carbonyl (C=O) groups excluding carboxylic acids is 1. The van der Waals surface area contributed by atoms with Crippen LogP contribution in [0.2, 0.25) is 0 Å². The van der Waals surface area contributed by atoms with Gasteiger partial charge in [-0.1, -0.05) is 25.7 Å². The van der Waals surface area contributed by atoms with E-state index >= 15 is 0 Å². The second-order valence-corrected chi connectivity index (χ2v) is 4.94. The summed E-state index contributed by atoms with van der Waals surface area (Å²) in [5, 5.41) is 7.46. The third-order valence-electron chi connectivity index (χ3n) is 2.99. The number of tetrazole rings is 1. The summed E-state index contributed by atoms with van der Waals surface area (Å²) in [6.07, 6.45) is 8.48. The van der Waals surface area contributed by atoms with E-state index in [1.807, 2.05) is 6.08 Å². The topological polar surface area (TPSA) is 79.0 Å². The van der Waals surface area contributed by atoms with Crippen LogP contribution >= 0.6 is 0 Å². The largest absolute Gasteiger partial charge is 0.458 e. The fourth-order valence-electron chi connectivity index (χ4n) is 1.83. The normalized spacial score (nSPS) is 12.2. The Labute approximate surface area is 129 Å². The van der Waals surface area contributed by atoms with E-state index in [1.54, 1.807) is 0 Å². The van der Waals surface area contributed by atoms with Crippen LogP contribution in [0.5, 0.6) is 0 Å². The summed E-state index contributed by atoms with van der Waals surface area (Å²) >= 11 is 0. The predicted molar refractivity (Wildman–Crippen MR) is 84.0 cm³/mol. The van der Waals surface area contributed by atoms with Gasteiger partial charge in [-0.15, -0.1) is 6.58 Å². The van der Waals surface area contributed by atoms with Crippen molar-refractivity contribution in [3.8, 4) is 0 Å². The second kappa shape index (κ2) is 9.49. The van der Waals surface area contributed by atoms with Gasteiger partial charge in [0.15, 0.2) is 0 Å². The molecule has 120 valence electrons. The first kappa shape index (κ1) is 17.6. The number of hydrogen-bond acceptors (Lipinski definition) is 5. The highest BCUT2D eigenvalue weighted by Crippen LogP contribution is 2.10. The molecule has 0 saturated heterocycles. The number of ether oxygens (including phenoxy) is 1. The summed E-state index contributed by atoms with van der Waals surface area (Å²) in [4.78, 5) is 23.2. The highest BCUT2D eigenvalue weighted by molar-refractivity contribution is 5.84. The Balaban J connectivity index is 2.52. The van der Waals surface area contributed by atoms with E-state index in [0.717, 1.165) is 30.0 Å². The fraction of sp³-hybridized carbons (Fsp3) is 0.467. The van der Waals surface area contributed by atoms with Gasteiger partial charge in [-0.25, -0.2) is 9.59 Å². The molecule has 1 aromatic heterocycles. The van der Waals surface area contributed by atoms with Gasteiger partial charge in [0.1, 0.15) is 6.61 Å². The lowest BCUT2D eigenvalue weighted by molar-refractivity contribution is -0.136. The average Bonchev–Trinajstić information content (AvgIpc) is 2.84. The van der Waals surface area contributed by atoms with Crippen LogP contribution in [0, 0.1) is 5.92 Å². The van der Waals surface area contributed by atoms with E-state index in [1.165, 1.54) is 17.0 Å². The van der Waals surface area contributed by atoms with Crippen LogP contribution in [0.3, 0.4) is 0 Å². The molecule has 1 atom stereocenters. The number of rotatable bonds is 10. The quantitative estimate of drug-likeness (QED) is 0.373. The van der Waals surface area contributed by atoms with Crippen molar-refractivity contribution in [3.63, 3.8) is 0 Å². The maximum absolute atomic E-state index is 12.0. The Morgan fingerprint density at radius 2 is 2.14 bits per heavy atom. The maximum Gasteiger partial charge on any atom is 0.367 e. The van der Waals surface area contributed by atoms with Gasteiger partial charge >= 0.3 is 11.7 Å².